The number of aryl methyl sites for hydroxylation is 4. The molecule has 4 rings (SSSR count). The summed E-state index contributed by atoms with van der Waals surface area (Å²) in [5.41, 5.74) is 4.65. The van der Waals surface area contributed by atoms with Gasteiger partial charge in [0.25, 0.3) is 0 Å². The van der Waals surface area contributed by atoms with Gasteiger partial charge in [-0.05, 0) is 119 Å². The van der Waals surface area contributed by atoms with Gasteiger partial charge in [0.05, 0.1) is 9.79 Å². The first-order chi connectivity index (χ1) is 32.9. The van der Waals surface area contributed by atoms with Crippen LogP contribution < -0.4 is 0 Å². The molecule has 4 aromatic rings. The van der Waals surface area contributed by atoms with Crippen molar-refractivity contribution in [3.05, 3.63) is 82.9 Å². The number of hydrogen-bond acceptors (Lipinski definition) is 6. The van der Waals surface area contributed by atoms with Crippen LogP contribution in [0.15, 0.2) is 70.5 Å². The van der Waals surface area contributed by atoms with Crippen molar-refractivity contribution in [1.29, 1.82) is 0 Å². The Kier molecular flexibility index (Phi) is 35.5. The zero-order valence-electron chi connectivity index (χ0n) is 44.2. The predicted octanol–water partition coefficient (Wildman–Crippen LogP) is 17.8. The molecule has 0 aliphatic heterocycles. The van der Waals surface area contributed by atoms with E-state index in [1.807, 2.05) is 12.1 Å². The molecule has 0 spiro atoms. The van der Waals surface area contributed by atoms with Gasteiger partial charge in [-0.25, -0.2) is 16.8 Å². The fourth-order valence-corrected chi connectivity index (χ4v) is 10.9. The smallest absolute Gasteiger partial charge is 0.744 e. The van der Waals surface area contributed by atoms with Crippen LogP contribution in [0.5, 0.6) is 0 Å². The minimum atomic E-state index is -4.45. The van der Waals surface area contributed by atoms with Crippen molar-refractivity contribution in [3.8, 4) is 0 Å². The molecule has 4 aromatic carbocycles. The topological polar surface area (TPSA) is 114 Å². The summed E-state index contributed by atoms with van der Waals surface area (Å²) in [7, 11) is -8.91. The molecule has 0 bridgehead atoms. The van der Waals surface area contributed by atoms with Crippen molar-refractivity contribution in [1.82, 2.24) is 0 Å². The van der Waals surface area contributed by atoms with E-state index in [4.69, 9.17) is 0 Å². The number of benzene rings is 4. The first kappa shape index (κ1) is 63.9. The van der Waals surface area contributed by atoms with Crippen molar-refractivity contribution in [3.63, 3.8) is 0 Å². The van der Waals surface area contributed by atoms with E-state index in [2.05, 4.69) is 52.0 Å². The molecule has 0 amide bonds. The van der Waals surface area contributed by atoms with Crippen LogP contribution in [0.3, 0.4) is 0 Å². The van der Waals surface area contributed by atoms with Gasteiger partial charge in [0.1, 0.15) is 20.2 Å². The maximum absolute atomic E-state index is 11.7. The predicted molar refractivity (Wildman–Crippen MR) is 295 cm³/mol. The Morgan fingerprint density at radius 2 is 0.565 bits per heavy atom. The first-order valence-electron chi connectivity index (χ1n) is 27.9. The Labute approximate surface area is 463 Å². The van der Waals surface area contributed by atoms with Crippen molar-refractivity contribution < 1.29 is 25.9 Å². The summed E-state index contributed by atoms with van der Waals surface area (Å²) >= 11 is 0. The number of fused-ring (bicyclic) bond motifs is 2. The van der Waals surface area contributed by atoms with Crippen LogP contribution in [0, 0.1) is 0 Å². The Bertz CT molecular complexity index is 2030. The molecule has 9 heteroatoms. The Morgan fingerprint density at radius 3 is 0.826 bits per heavy atom. The van der Waals surface area contributed by atoms with Crippen LogP contribution in [0.4, 0.5) is 0 Å². The molecule has 0 saturated carbocycles. The van der Waals surface area contributed by atoms with Crippen molar-refractivity contribution in [2.45, 2.75) is 269 Å². The first-order valence-corrected chi connectivity index (χ1v) is 30.8. The SMILES string of the molecule is CCCCCCCCCCc1ccc2cc(S(=O)(=O)[O-])cc(CCCCCCCCCC)c2c1.CCCCCCCCCCc1ccc2cc(S(=O)(=O)[O-])cc(CCCCCCCCCC)c2c1.[Ba+2]. The van der Waals surface area contributed by atoms with Crippen LogP contribution in [-0.4, -0.2) is 74.8 Å². The summed E-state index contributed by atoms with van der Waals surface area (Å²) in [4.78, 5) is -0.184. The van der Waals surface area contributed by atoms with Crippen molar-refractivity contribution in [2.24, 2.45) is 0 Å². The quantitative estimate of drug-likeness (QED) is 0.0251. The van der Waals surface area contributed by atoms with Gasteiger partial charge in [-0.15, -0.1) is 0 Å². The molecule has 0 radical (unpaired) electrons. The average Bonchev–Trinajstić information content (AvgIpc) is 3.31. The molecule has 0 aliphatic carbocycles. The van der Waals surface area contributed by atoms with Crippen LogP contribution in [0.2, 0.25) is 0 Å². The summed E-state index contributed by atoms with van der Waals surface area (Å²) in [6.45, 7) is 8.99. The second-order valence-corrected chi connectivity index (χ2v) is 22.8. The molecule has 69 heavy (non-hydrogen) atoms. The van der Waals surface area contributed by atoms with E-state index in [0.29, 0.717) is 0 Å². The second kappa shape index (κ2) is 38.4. The molecular weight excluding hydrogens is 1020 g/mol. The Morgan fingerprint density at radius 1 is 0.319 bits per heavy atom. The van der Waals surface area contributed by atoms with E-state index >= 15 is 0 Å². The van der Waals surface area contributed by atoms with Gasteiger partial charge in [0, 0.05) is 0 Å². The minimum Gasteiger partial charge on any atom is -0.744 e. The largest absolute Gasteiger partial charge is 2.00 e. The Hall–Kier alpha value is -1.21. The van der Waals surface area contributed by atoms with Gasteiger partial charge >= 0.3 is 48.9 Å². The van der Waals surface area contributed by atoms with Crippen molar-refractivity contribution >= 4 is 90.7 Å². The van der Waals surface area contributed by atoms with Gasteiger partial charge in [-0.1, -0.05) is 244 Å². The molecule has 0 fully saturated rings. The molecule has 0 atom stereocenters. The standard InChI is InChI=1S/2C30H48O3S.Ba/c2*1-3-5-7-9-11-13-15-17-19-26-21-22-28-25-29(34(31,32)33)24-27(30(28)23-26)20-18-16-14-12-10-8-6-4-2;/h2*21-25H,3-20H2,1-2H3,(H,31,32,33);/q;;+2/p-2. The van der Waals surface area contributed by atoms with Gasteiger partial charge in [-0.3, -0.25) is 0 Å². The van der Waals surface area contributed by atoms with E-state index < -0.39 is 20.2 Å². The van der Waals surface area contributed by atoms with Crippen LogP contribution in [0.25, 0.3) is 21.5 Å². The monoisotopic (exact) mass is 1110 g/mol. The van der Waals surface area contributed by atoms with Gasteiger partial charge in [-0.2, -0.15) is 0 Å². The molecular formula is C60H94BaO6S2. The summed E-state index contributed by atoms with van der Waals surface area (Å²) < 4.78 is 70.4. The van der Waals surface area contributed by atoms with Crippen LogP contribution in [0.1, 0.15) is 255 Å². The zero-order chi connectivity index (χ0) is 49.3. The number of rotatable bonds is 38. The fraction of sp³-hybridized carbons (Fsp3) is 0.667. The molecule has 6 nitrogen and oxygen atoms in total. The molecule has 0 heterocycles. The van der Waals surface area contributed by atoms with Gasteiger partial charge < -0.3 is 9.11 Å². The third-order valence-corrected chi connectivity index (χ3v) is 15.6. The van der Waals surface area contributed by atoms with E-state index in [9.17, 15) is 25.9 Å². The van der Waals surface area contributed by atoms with Gasteiger partial charge in [0.2, 0.25) is 0 Å². The average molecular weight is 1110 g/mol. The third kappa shape index (κ3) is 27.6. The third-order valence-electron chi connectivity index (χ3n) is 14.0. The van der Waals surface area contributed by atoms with Gasteiger partial charge in [0.15, 0.2) is 0 Å². The number of unbranched alkanes of at least 4 members (excludes halogenated alkanes) is 28. The van der Waals surface area contributed by atoms with E-state index in [0.717, 1.165) is 84.0 Å². The van der Waals surface area contributed by atoms with Crippen LogP contribution in [-0.2, 0) is 45.9 Å². The molecule has 384 valence electrons. The van der Waals surface area contributed by atoms with E-state index in [1.165, 1.54) is 191 Å². The second-order valence-electron chi connectivity index (χ2n) is 20.1. The fourth-order valence-electron chi connectivity index (χ4n) is 9.74. The molecule has 0 unspecified atom stereocenters. The minimum absolute atomic E-state index is 0. The zero-order valence-corrected chi connectivity index (χ0v) is 50.3. The normalized spacial score (nSPS) is 11.8. The summed E-state index contributed by atoms with van der Waals surface area (Å²) in [6, 6.07) is 19.0. The molecule has 0 saturated heterocycles. The molecule has 0 N–H and O–H groups in total. The van der Waals surface area contributed by atoms with E-state index in [-0.39, 0.29) is 58.7 Å². The maximum Gasteiger partial charge on any atom is 2.00 e. The van der Waals surface area contributed by atoms with Crippen molar-refractivity contribution in [2.75, 3.05) is 0 Å². The summed E-state index contributed by atoms with van der Waals surface area (Å²) in [5, 5.41) is 3.97. The summed E-state index contributed by atoms with van der Waals surface area (Å²) in [6.07, 6.45) is 44.6. The Balaban J connectivity index is 0.000000467. The van der Waals surface area contributed by atoms with Crippen LogP contribution >= 0.6 is 0 Å². The maximum atomic E-state index is 11.7. The summed E-state index contributed by atoms with van der Waals surface area (Å²) in [5.74, 6) is 0. The number of hydrogen-bond donors (Lipinski definition) is 0. The molecule has 0 aliphatic rings. The van der Waals surface area contributed by atoms with E-state index in [1.54, 1.807) is 24.3 Å². The molecule has 0 aromatic heterocycles.